The third kappa shape index (κ3) is 5.85. The van der Waals surface area contributed by atoms with Crippen LogP contribution in [0.25, 0.3) is 11.3 Å². The number of halogens is 3. The number of aromatic nitrogens is 2. The molecule has 0 aliphatic carbocycles. The third-order valence-corrected chi connectivity index (χ3v) is 6.63. The quantitative estimate of drug-likeness (QED) is 0.445. The highest BCUT2D eigenvalue weighted by molar-refractivity contribution is 7.87. The number of benzene rings is 2. The van der Waals surface area contributed by atoms with Gasteiger partial charge in [-0.25, -0.2) is 4.68 Å². The van der Waals surface area contributed by atoms with Gasteiger partial charge in [0.25, 0.3) is 10.2 Å². The number of nitrogens with zero attached hydrogens (tertiary/aromatic N) is 3. The van der Waals surface area contributed by atoms with Gasteiger partial charge in [0, 0.05) is 18.2 Å². The maximum atomic E-state index is 12.5. The van der Waals surface area contributed by atoms with Crippen molar-refractivity contribution in [2.24, 2.45) is 0 Å². The molecule has 0 radical (unpaired) electrons. The number of hydrogen-bond acceptors (Lipinski definition) is 6. The normalized spacial score (nSPS) is 15.2. The van der Waals surface area contributed by atoms with Crippen molar-refractivity contribution >= 4 is 10.2 Å². The molecule has 0 spiro atoms. The summed E-state index contributed by atoms with van der Waals surface area (Å²) in [4.78, 5) is 0. The molecule has 2 aromatic carbocycles. The zero-order valence-corrected chi connectivity index (χ0v) is 19.9. The monoisotopic (exact) mass is 521 g/mol. The largest absolute Gasteiger partial charge is 0.439 e. The number of ether oxygens (including phenoxy) is 2. The molecule has 0 amide bonds. The molecule has 1 aliphatic rings. The van der Waals surface area contributed by atoms with Gasteiger partial charge in [0.15, 0.2) is 0 Å². The summed E-state index contributed by atoms with van der Waals surface area (Å²) in [6.07, 6.45) is -4.69. The van der Waals surface area contributed by atoms with Crippen LogP contribution >= 0.6 is 0 Å². The van der Waals surface area contributed by atoms with E-state index in [1.54, 1.807) is 59.3 Å². The van der Waals surface area contributed by atoms with Crippen LogP contribution in [0, 0.1) is 11.3 Å². The highest BCUT2D eigenvalue weighted by Gasteiger charge is 2.44. The SMILES string of the molecule is CCn1nc(-c2cccc(C3(NS(=O)(=O)NCC(F)(F)F)COC3)c2)cc1Oc1ccc(C#N)cc1. The molecule has 13 heteroatoms. The Kier molecular flexibility index (Phi) is 7.05. The first-order chi connectivity index (χ1) is 17.0. The van der Waals surface area contributed by atoms with Crippen molar-refractivity contribution < 1.29 is 31.1 Å². The van der Waals surface area contributed by atoms with Gasteiger partial charge in [-0.3, -0.25) is 0 Å². The lowest BCUT2D eigenvalue weighted by Crippen LogP contribution is -2.61. The van der Waals surface area contributed by atoms with Gasteiger partial charge >= 0.3 is 6.18 Å². The highest BCUT2D eigenvalue weighted by atomic mass is 32.2. The van der Waals surface area contributed by atoms with Crippen LogP contribution in [0.5, 0.6) is 11.6 Å². The lowest BCUT2D eigenvalue weighted by atomic mass is 9.88. The van der Waals surface area contributed by atoms with Crippen LogP contribution in [0.4, 0.5) is 13.2 Å². The molecular weight excluding hydrogens is 499 g/mol. The summed E-state index contributed by atoms with van der Waals surface area (Å²) in [5, 5.41) is 13.5. The Hall–Kier alpha value is -3.44. The van der Waals surface area contributed by atoms with Crippen LogP contribution in [-0.2, 0) is 27.0 Å². The molecule has 1 saturated heterocycles. The van der Waals surface area contributed by atoms with Crippen molar-refractivity contribution in [3.63, 3.8) is 0 Å². The van der Waals surface area contributed by atoms with Crippen LogP contribution in [0.15, 0.2) is 54.6 Å². The van der Waals surface area contributed by atoms with Crippen LogP contribution in [0.1, 0.15) is 18.1 Å². The Labute approximate surface area is 205 Å². The van der Waals surface area contributed by atoms with Gasteiger partial charge in [-0.1, -0.05) is 18.2 Å². The first-order valence-electron chi connectivity index (χ1n) is 10.8. The van der Waals surface area contributed by atoms with Crippen molar-refractivity contribution in [1.82, 2.24) is 19.2 Å². The fourth-order valence-corrected chi connectivity index (χ4v) is 4.78. The Morgan fingerprint density at radius 2 is 1.92 bits per heavy atom. The van der Waals surface area contributed by atoms with E-state index in [-0.39, 0.29) is 13.2 Å². The van der Waals surface area contributed by atoms with E-state index in [2.05, 4.69) is 9.82 Å². The number of nitrogens with one attached hydrogen (secondary N) is 2. The molecule has 0 atom stereocenters. The zero-order valence-electron chi connectivity index (χ0n) is 19.0. The van der Waals surface area contributed by atoms with Gasteiger partial charge in [0.1, 0.15) is 17.8 Å². The molecule has 9 nitrogen and oxygen atoms in total. The predicted molar refractivity (Wildman–Crippen MR) is 123 cm³/mol. The second-order valence-corrected chi connectivity index (χ2v) is 9.62. The predicted octanol–water partition coefficient (Wildman–Crippen LogP) is 3.45. The second kappa shape index (κ2) is 9.90. The average Bonchev–Trinajstić information content (AvgIpc) is 3.23. The van der Waals surface area contributed by atoms with E-state index in [4.69, 9.17) is 14.7 Å². The third-order valence-electron chi connectivity index (χ3n) is 5.45. The number of alkyl halides is 3. The number of aryl methyl sites for hydroxylation is 1. The Bertz CT molecular complexity index is 1380. The van der Waals surface area contributed by atoms with Gasteiger partial charge in [0.2, 0.25) is 5.88 Å². The first-order valence-corrected chi connectivity index (χ1v) is 12.3. The summed E-state index contributed by atoms with van der Waals surface area (Å²) in [6.45, 7) is 0.630. The summed E-state index contributed by atoms with van der Waals surface area (Å²) in [6, 6.07) is 17.2. The number of hydrogen-bond donors (Lipinski definition) is 2. The molecule has 1 aliphatic heterocycles. The molecule has 36 heavy (non-hydrogen) atoms. The van der Waals surface area contributed by atoms with Crippen molar-refractivity contribution in [2.75, 3.05) is 19.8 Å². The summed E-state index contributed by atoms with van der Waals surface area (Å²) >= 11 is 0. The molecule has 3 aromatic rings. The fraction of sp³-hybridized carbons (Fsp3) is 0.304. The lowest BCUT2D eigenvalue weighted by molar-refractivity contribution is -0.121. The van der Waals surface area contributed by atoms with Crippen molar-refractivity contribution in [2.45, 2.75) is 25.2 Å². The van der Waals surface area contributed by atoms with E-state index in [1.165, 1.54) is 4.72 Å². The van der Waals surface area contributed by atoms with Crippen LogP contribution in [-0.4, -0.2) is 44.1 Å². The fourth-order valence-electron chi connectivity index (χ4n) is 3.60. The molecule has 4 rings (SSSR count). The summed E-state index contributed by atoms with van der Waals surface area (Å²) < 4.78 is 78.7. The van der Waals surface area contributed by atoms with E-state index < -0.39 is 28.5 Å². The molecule has 0 saturated carbocycles. The van der Waals surface area contributed by atoms with Crippen LogP contribution in [0.2, 0.25) is 0 Å². The van der Waals surface area contributed by atoms with Gasteiger partial charge in [0.05, 0.1) is 30.5 Å². The van der Waals surface area contributed by atoms with Crippen LogP contribution < -0.4 is 14.2 Å². The molecule has 2 N–H and O–H groups in total. The van der Waals surface area contributed by atoms with Crippen molar-refractivity contribution in [1.29, 1.82) is 5.26 Å². The molecule has 1 fully saturated rings. The topological polar surface area (TPSA) is 118 Å². The van der Waals surface area contributed by atoms with Crippen molar-refractivity contribution in [3.05, 3.63) is 65.7 Å². The van der Waals surface area contributed by atoms with Gasteiger partial charge < -0.3 is 9.47 Å². The minimum atomic E-state index is -4.69. The number of nitriles is 1. The molecular formula is C23H22F3N5O4S. The van der Waals surface area contributed by atoms with E-state index in [0.717, 1.165) is 0 Å². The van der Waals surface area contributed by atoms with E-state index in [1.807, 2.05) is 13.0 Å². The minimum absolute atomic E-state index is 0.0418. The Balaban J connectivity index is 1.58. The Morgan fingerprint density at radius 1 is 1.19 bits per heavy atom. The first kappa shape index (κ1) is 25.6. The molecule has 2 heterocycles. The van der Waals surface area contributed by atoms with Gasteiger partial charge in [-0.05, 0) is 42.8 Å². The second-order valence-electron chi connectivity index (χ2n) is 8.12. The van der Waals surface area contributed by atoms with E-state index >= 15 is 0 Å². The summed E-state index contributed by atoms with van der Waals surface area (Å²) in [5.41, 5.74) is 1.00. The number of rotatable bonds is 9. The molecule has 1 aromatic heterocycles. The minimum Gasteiger partial charge on any atom is -0.439 e. The van der Waals surface area contributed by atoms with Crippen molar-refractivity contribution in [3.8, 4) is 29.0 Å². The smallest absolute Gasteiger partial charge is 0.402 e. The van der Waals surface area contributed by atoms with E-state index in [0.29, 0.717) is 40.6 Å². The van der Waals surface area contributed by atoms with Crippen LogP contribution in [0.3, 0.4) is 0 Å². The zero-order chi connectivity index (χ0) is 26.0. The van der Waals surface area contributed by atoms with Gasteiger partial charge in [-0.2, -0.15) is 41.4 Å². The maximum Gasteiger partial charge on any atom is 0.402 e. The summed E-state index contributed by atoms with van der Waals surface area (Å²) in [7, 11) is -4.47. The standard InChI is InChI=1S/C23H22F3N5O4S/c1-2-31-21(35-19-8-6-16(12-27)7-9-19)11-20(29-31)17-4-3-5-18(10-17)22(14-34-15-22)30-36(32,33)28-13-23(24,25)26/h3-11,28,30H,2,13-15H2,1H3. The van der Waals surface area contributed by atoms with E-state index in [9.17, 15) is 21.6 Å². The molecule has 0 bridgehead atoms. The highest BCUT2D eigenvalue weighted by Crippen LogP contribution is 2.34. The Morgan fingerprint density at radius 3 is 2.50 bits per heavy atom. The lowest BCUT2D eigenvalue weighted by Gasteiger charge is -2.42. The maximum absolute atomic E-state index is 12.5. The molecule has 190 valence electrons. The average molecular weight is 522 g/mol. The summed E-state index contributed by atoms with van der Waals surface area (Å²) in [5.74, 6) is 0.983. The van der Waals surface area contributed by atoms with Gasteiger partial charge in [-0.15, -0.1) is 0 Å². The molecule has 0 unspecified atom stereocenters.